The number of hydrogen-bond donors (Lipinski definition) is 0. The number of fused-ring (bicyclic) bond motifs is 1. The van der Waals surface area contributed by atoms with Gasteiger partial charge in [-0.25, -0.2) is 9.37 Å². The van der Waals surface area contributed by atoms with Crippen molar-refractivity contribution in [3.05, 3.63) is 54.1 Å². The molecule has 0 radical (unpaired) electrons. The van der Waals surface area contributed by atoms with Gasteiger partial charge in [-0.15, -0.1) is 11.6 Å². The summed E-state index contributed by atoms with van der Waals surface area (Å²) in [5.74, 6) is 1.02. The van der Waals surface area contributed by atoms with Gasteiger partial charge in [0.15, 0.2) is 0 Å². The molecule has 0 aliphatic rings. The number of alkyl halides is 1. The first-order valence-electron chi connectivity index (χ1n) is 6.57. The average Bonchev–Trinajstić information content (AvgIpc) is 2.86. The summed E-state index contributed by atoms with van der Waals surface area (Å²) < 4.78 is 20.7. The maximum atomic E-state index is 13.5. The Kier molecular flexibility index (Phi) is 3.55. The van der Waals surface area contributed by atoms with Crippen molar-refractivity contribution in [3.63, 3.8) is 0 Å². The van der Waals surface area contributed by atoms with Crippen LogP contribution < -0.4 is 4.74 Å². The van der Waals surface area contributed by atoms with E-state index >= 15 is 0 Å². The van der Waals surface area contributed by atoms with Gasteiger partial charge in [-0.05, 0) is 37.3 Å². The topological polar surface area (TPSA) is 27.1 Å². The van der Waals surface area contributed by atoms with Gasteiger partial charge in [-0.3, -0.25) is 4.57 Å². The molecular weight excluding hydrogens is 291 g/mol. The molecule has 0 aliphatic heterocycles. The highest BCUT2D eigenvalue weighted by atomic mass is 35.5. The highest BCUT2D eigenvalue weighted by Crippen LogP contribution is 2.32. The molecule has 0 saturated heterocycles. The Labute approximate surface area is 126 Å². The smallest absolute Gasteiger partial charge is 0.146 e. The molecule has 1 atom stereocenters. The first-order chi connectivity index (χ1) is 10.1. The van der Waals surface area contributed by atoms with Gasteiger partial charge in [0.25, 0.3) is 0 Å². The predicted molar refractivity (Wildman–Crippen MR) is 81.8 cm³/mol. The lowest BCUT2D eigenvalue weighted by Crippen LogP contribution is -2.02. The van der Waals surface area contributed by atoms with E-state index in [-0.39, 0.29) is 11.2 Å². The minimum atomic E-state index is -0.314. The van der Waals surface area contributed by atoms with Crippen LogP contribution in [0.4, 0.5) is 4.39 Å². The van der Waals surface area contributed by atoms with Crippen LogP contribution in [-0.2, 0) is 0 Å². The van der Waals surface area contributed by atoms with Gasteiger partial charge < -0.3 is 4.74 Å². The highest BCUT2D eigenvalue weighted by molar-refractivity contribution is 6.20. The van der Waals surface area contributed by atoms with Crippen molar-refractivity contribution >= 4 is 22.6 Å². The van der Waals surface area contributed by atoms with E-state index in [1.807, 2.05) is 35.8 Å². The van der Waals surface area contributed by atoms with Crippen LogP contribution >= 0.6 is 11.6 Å². The summed E-state index contributed by atoms with van der Waals surface area (Å²) in [7, 11) is 1.60. The van der Waals surface area contributed by atoms with Gasteiger partial charge in [0.05, 0.1) is 23.7 Å². The Morgan fingerprint density at radius 2 is 2.00 bits per heavy atom. The number of benzene rings is 2. The molecule has 0 aliphatic carbocycles. The van der Waals surface area contributed by atoms with Crippen molar-refractivity contribution in [1.82, 2.24) is 9.55 Å². The number of methoxy groups -OCH3 is 1. The fourth-order valence-electron chi connectivity index (χ4n) is 2.41. The Bertz CT molecular complexity index is 798. The number of imidazole rings is 1. The molecule has 1 aromatic heterocycles. The number of para-hydroxylation sites is 1. The van der Waals surface area contributed by atoms with E-state index in [1.165, 1.54) is 12.1 Å². The summed E-state index contributed by atoms with van der Waals surface area (Å²) in [4.78, 5) is 4.57. The van der Waals surface area contributed by atoms with Gasteiger partial charge in [-0.2, -0.15) is 0 Å². The summed E-state index contributed by atoms with van der Waals surface area (Å²) in [6.07, 6.45) is 0. The number of hydrogen-bond acceptors (Lipinski definition) is 2. The molecule has 2 aromatic carbocycles. The molecule has 3 nitrogen and oxygen atoms in total. The lowest BCUT2D eigenvalue weighted by molar-refractivity contribution is 0.419. The molecule has 21 heavy (non-hydrogen) atoms. The van der Waals surface area contributed by atoms with Crippen LogP contribution in [0.1, 0.15) is 18.1 Å². The summed E-state index contributed by atoms with van der Waals surface area (Å²) in [5, 5.41) is -0.314. The lowest BCUT2D eigenvalue weighted by atomic mass is 10.2. The Morgan fingerprint density at radius 1 is 1.24 bits per heavy atom. The molecule has 0 saturated carbocycles. The van der Waals surface area contributed by atoms with Crippen molar-refractivity contribution in [2.45, 2.75) is 12.3 Å². The fourth-order valence-corrected chi connectivity index (χ4v) is 2.56. The third kappa shape index (κ3) is 2.36. The van der Waals surface area contributed by atoms with Gasteiger partial charge in [0, 0.05) is 0 Å². The van der Waals surface area contributed by atoms with E-state index in [2.05, 4.69) is 4.98 Å². The predicted octanol–water partition coefficient (Wildman–Crippen LogP) is 4.47. The molecule has 1 heterocycles. The largest absolute Gasteiger partial charge is 0.494 e. The summed E-state index contributed by atoms with van der Waals surface area (Å²) in [6, 6.07) is 12.0. The zero-order valence-electron chi connectivity index (χ0n) is 11.7. The molecular formula is C16H14ClFN2O. The molecule has 0 bridgehead atoms. The number of nitrogens with zero attached hydrogens (tertiary/aromatic N) is 2. The van der Waals surface area contributed by atoms with Gasteiger partial charge >= 0.3 is 0 Å². The van der Waals surface area contributed by atoms with Crippen molar-refractivity contribution in [1.29, 1.82) is 0 Å². The molecule has 5 heteroatoms. The molecule has 0 fully saturated rings. The average molecular weight is 305 g/mol. The van der Waals surface area contributed by atoms with Crippen LogP contribution in [0.15, 0.2) is 42.5 Å². The van der Waals surface area contributed by atoms with Crippen LogP contribution in [-0.4, -0.2) is 16.7 Å². The first-order valence-corrected chi connectivity index (χ1v) is 7.01. The monoisotopic (exact) mass is 304 g/mol. The zero-order chi connectivity index (χ0) is 15.0. The van der Waals surface area contributed by atoms with Crippen LogP contribution in [0.2, 0.25) is 0 Å². The van der Waals surface area contributed by atoms with Gasteiger partial charge in [0.1, 0.15) is 22.9 Å². The Morgan fingerprint density at radius 3 is 2.67 bits per heavy atom. The van der Waals surface area contributed by atoms with E-state index < -0.39 is 0 Å². The number of halogens is 2. The summed E-state index contributed by atoms with van der Waals surface area (Å²) >= 11 is 6.25. The van der Waals surface area contributed by atoms with E-state index in [4.69, 9.17) is 16.3 Å². The quantitative estimate of drug-likeness (QED) is 0.667. The maximum absolute atomic E-state index is 13.5. The molecule has 0 amide bonds. The molecule has 0 spiro atoms. The van der Waals surface area contributed by atoms with Crippen molar-refractivity contribution in [3.8, 4) is 11.4 Å². The first kappa shape index (κ1) is 13.9. The summed E-state index contributed by atoms with van der Waals surface area (Å²) in [6.45, 7) is 1.84. The lowest BCUT2D eigenvalue weighted by Gasteiger charge is -2.10. The molecule has 108 valence electrons. The van der Waals surface area contributed by atoms with Crippen molar-refractivity contribution in [2.75, 3.05) is 7.11 Å². The highest BCUT2D eigenvalue weighted by Gasteiger charge is 2.18. The fraction of sp³-hybridized carbons (Fsp3) is 0.188. The van der Waals surface area contributed by atoms with Crippen LogP contribution in [0, 0.1) is 5.82 Å². The van der Waals surface area contributed by atoms with Crippen molar-refractivity contribution < 1.29 is 9.13 Å². The molecule has 3 aromatic rings. The van der Waals surface area contributed by atoms with Gasteiger partial charge in [0.2, 0.25) is 0 Å². The third-order valence-electron chi connectivity index (χ3n) is 3.32. The normalized spacial score (nSPS) is 12.6. The standard InChI is InChI=1S/C16H14ClFN2O/c1-10(17)16-19-15-13(7-4-8-14(15)21-2)20(16)12-6-3-5-11(18)9-12/h3-10H,1-2H3. The third-order valence-corrected chi connectivity index (χ3v) is 3.51. The second-order valence-electron chi connectivity index (χ2n) is 4.73. The SMILES string of the molecule is COc1cccc2c1nc(C(C)Cl)n2-c1cccc(F)c1. The number of rotatable bonds is 3. The van der Waals surface area contributed by atoms with Crippen LogP contribution in [0.5, 0.6) is 5.75 Å². The van der Waals surface area contributed by atoms with E-state index in [1.54, 1.807) is 13.2 Å². The number of ether oxygens (including phenoxy) is 1. The maximum Gasteiger partial charge on any atom is 0.146 e. The summed E-state index contributed by atoms with van der Waals surface area (Å²) in [5.41, 5.74) is 2.24. The Hall–Kier alpha value is -2.07. The molecule has 1 unspecified atom stereocenters. The van der Waals surface area contributed by atoms with E-state index in [0.717, 1.165) is 5.52 Å². The molecule has 3 rings (SSSR count). The second-order valence-corrected chi connectivity index (χ2v) is 5.38. The minimum Gasteiger partial charge on any atom is -0.494 e. The Balaban J connectivity index is 2.36. The minimum absolute atomic E-state index is 0.301. The van der Waals surface area contributed by atoms with E-state index in [0.29, 0.717) is 22.8 Å². The number of aromatic nitrogens is 2. The van der Waals surface area contributed by atoms with Crippen LogP contribution in [0.3, 0.4) is 0 Å². The van der Waals surface area contributed by atoms with Crippen molar-refractivity contribution in [2.24, 2.45) is 0 Å². The molecule has 0 N–H and O–H groups in total. The second kappa shape index (κ2) is 5.37. The van der Waals surface area contributed by atoms with Gasteiger partial charge in [-0.1, -0.05) is 12.1 Å². The van der Waals surface area contributed by atoms with E-state index in [9.17, 15) is 4.39 Å². The zero-order valence-corrected chi connectivity index (χ0v) is 12.4. The van der Waals surface area contributed by atoms with Crippen LogP contribution in [0.25, 0.3) is 16.7 Å².